The summed E-state index contributed by atoms with van der Waals surface area (Å²) in [7, 11) is 2.24. The van der Waals surface area contributed by atoms with Gasteiger partial charge in [0.25, 0.3) is 0 Å². The maximum Gasteiger partial charge on any atom is 0.248 e. The molecule has 0 spiro atoms. The largest absolute Gasteiger partial charge is 0.376 e. The van der Waals surface area contributed by atoms with E-state index in [9.17, 15) is 4.79 Å². The molecule has 3 aliphatic rings. The van der Waals surface area contributed by atoms with Crippen LogP contribution in [0.4, 0.5) is 0 Å². The summed E-state index contributed by atoms with van der Waals surface area (Å²) >= 11 is 0. The van der Waals surface area contributed by atoms with Gasteiger partial charge in [-0.25, -0.2) is 0 Å². The van der Waals surface area contributed by atoms with Crippen molar-refractivity contribution in [1.29, 1.82) is 0 Å². The molecule has 0 N–H and O–H groups in total. The minimum Gasteiger partial charge on any atom is -0.376 e. The summed E-state index contributed by atoms with van der Waals surface area (Å²) in [6.45, 7) is 3.45. The summed E-state index contributed by atoms with van der Waals surface area (Å²) in [6.07, 6.45) is 7.11. The first-order valence-corrected chi connectivity index (χ1v) is 11.0. The predicted octanol–water partition coefficient (Wildman–Crippen LogP) is 3.05. The number of amides is 1. The number of carbonyl (C=O) groups is 1. The highest BCUT2D eigenvalue weighted by Crippen LogP contribution is 2.38. The Morgan fingerprint density at radius 2 is 2.00 bits per heavy atom. The van der Waals surface area contributed by atoms with E-state index < -0.39 is 0 Å². The number of nitrogens with zero attached hydrogens (tertiary/aromatic N) is 2. The van der Waals surface area contributed by atoms with E-state index in [2.05, 4.69) is 47.2 Å². The summed E-state index contributed by atoms with van der Waals surface area (Å²) < 4.78 is 11.4. The molecule has 0 aliphatic carbocycles. The zero-order valence-corrected chi connectivity index (χ0v) is 17.1. The fourth-order valence-corrected chi connectivity index (χ4v) is 5.30. The molecule has 4 atom stereocenters. The van der Waals surface area contributed by atoms with E-state index in [1.807, 2.05) is 0 Å². The maximum absolute atomic E-state index is 13.1. The van der Waals surface area contributed by atoms with Gasteiger partial charge in [0.15, 0.2) is 0 Å². The van der Waals surface area contributed by atoms with Crippen LogP contribution in [0.2, 0.25) is 0 Å². The van der Waals surface area contributed by atoms with Gasteiger partial charge in [0.1, 0.15) is 6.61 Å². The van der Waals surface area contributed by atoms with Crippen molar-refractivity contribution in [3.8, 4) is 0 Å². The van der Waals surface area contributed by atoms with Crippen molar-refractivity contribution in [3.63, 3.8) is 0 Å². The Morgan fingerprint density at radius 3 is 2.79 bits per heavy atom. The maximum atomic E-state index is 13.1. The Kier molecular flexibility index (Phi) is 6.65. The van der Waals surface area contributed by atoms with Crippen LogP contribution in [0.3, 0.4) is 0 Å². The third-order valence-electron chi connectivity index (χ3n) is 6.72. The van der Waals surface area contributed by atoms with Crippen LogP contribution in [-0.4, -0.2) is 73.9 Å². The highest BCUT2D eigenvalue weighted by Gasteiger charge is 2.46. The Bertz CT molecular complexity index is 632. The van der Waals surface area contributed by atoms with Crippen molar-refractivity contribution in [3.05, 3.63) is 35.9 Å². The second kappa shape index (κ2) is 9.38. The molecule has 0 unspecified atom stereocenters. The second-order valence-corrected chi connectivity index (χ2v) is 8.60. The summed E-state index contributed by atoms with van der Waals surface area (Å²) in [5.74, 6) is 0.511. The number of hydrogen-bond donors (Lipinski definition) is 0. The number of fused-ring (bicyclic) bond motifs is 1. The van der Waals surface area contributed by atoms with E-state index in [-0.39, 0.29) is 24.7 Å². The number of likely N-dealkylation sites (N-methyl/N-ethyl adjacent to an activating group) is 1. The SMILES string of the molecule is CN1CCCCC[C@@H]2[C@@H]1[C@H](c1ccccc1)CN2C(=O)COC[C@@H]1CCCO1. The van der Waals surface area contributed by atoms with E-state index in [1.165, 1.54) is 24.8 Å². The highest BCUT2D eigenvalue weighted by atomic mass is 16.5. The average molecular weight is 387 g/mol. The van der Waals surface area contributed by atoms with Gasteiger partial charge in [0.05, 0.1) is 12.7 Å². The van der Waals surface area contributed by atoms with Gasteiger partial charge in [0, 0.05) is 31.2 Å². The molecule has 28 heavy (non-hydrogen) atoms. The molecule has 0 bridgehead atoms. The number of likely N-dealkylation sites (tertiary alicyclic amines) is 2. The molecule has 1 aromatic carbocycles. The van der Waals surface area contributed by atoms with Crippen molar-refractivity contribution in [2.45, 2.75) is 62.6 Å². The zero-order valence-electron chi connectivity index (χ0n) is 17.1. The summed E-state index contributed by atoms with van der Waals surface area (Å²) in [5, 5.41) is 0. The molecule has 4 rings (SSSR count). The van der Waals surface area contributed by atoms with Crippen LogP contribution >= 0.6 is 0 Å². The highest BCUT2D eigenvalue weighted by molar-refractivity contribution is 5.78. The average Bonchev–Trinajstić information content (AvgIpc) is 3.34. The minimum atomic E-state index is 0.139. The first-order valence-electron chi connectivity index (χ1n) is 11.0. The number of carbonyl (C=O) groups excluding carboxylic acids is 1. The standard InChI is InChI=1S/C23H34N2O3/c1-24-13-7-3-6-12-21-23(24)20(18-9-4-2-5-10-18)15-25(21)22(26)17-27-16-19-11-8-14-28-19/h2,4-5,9-10,19-21,23H,3,6-8,11-17H2,1H3/t19-,20-,21+,23-/m0/s1. The Labute approximate surface area is 169 Å². The van der Waals surface area contributed by atoms with E-state index in [0.717, 1.165) is 39.0 Å². The van der Waals surface area contributed by atoms with E-state index >= 15 is 0 Å². The summed E-state index contributed by atoms with van der Waals surface area (Å²) in [4.78, 5) is 17.7. The van der Waals surface area contributed by atoms with Gasteiger partial charge in [-0.2, -0.15) is 0 Å². The summed E-state index contributed by atoms with van der Waals surface area (Å²) in [5.41, 5.74) is 1.35. The molecule has 154 valence electrons. The number of rotatable bonds is 5. The molecule has 1 amide bonds. The molecule has 3 fully saturated rings. The van der Waals surface area contributed by atoms with Crippen molar-refractivity contribution >= 4 is 5.91 Å². The van der Waals surface area contributed by atoms with Crippen LogP contribution < -0.4 is 0 Å². The number of benzene rings is 1. The van der Waals surface area contributed by atoms with Crippen molar-refractivity contribution in [1.82, 2.24) is 9.80 Å². The van der Waals surface area contributed by atoms with Gasteiger partial charge in [-0.15, -0.1) is 0 Å². The topological polar surface area (TPSA) is 42.0 Å². The molecule has 0 aromatic heterocycles. The number of ether oxygens (including phenoxy) is 2. The molecular formula is C23H34N2O3. The van der Waals surface area contributed by atoms with Crippen LogP contribution in [0.25, 0.3) is 0 Å². The fourth-order valence-electron chi connectivity index (χ4n) is 5.30. The zero-order chi connectivity index (χ0) is 19.3. The van der Waals surface area contributed by atoms with E-state index in [4.69, 9.17) is 9.47 Å². The lowest BCUT2D eigenvalue weighted by Crippen LogP contribution is -2.48. The molecule has 3 heterocycles. The first-order chi connectivity index (χ1) is 13.7. The van der Waals surface area contributed by atoms with Gasteiger partial charge in [-0.05, 0) is 44.8 Å². The Morgan fingerprint density at radius 1 is 1.14 bits per heavy atom. The van der Waals surface area contributed by atoms with Gasteiger partial charge in [-0.1, -0.05) is 43.2 Å². The van der Waals surface area contributed by atoms with Gasteiger partial charge >= 0.3 is 0 Å². The smallest absolute Gasteiger partial charge is 0.248 e. The monoisotopic (exact) mass is 386 g/mol. The molecular weight excluding hydrogens is 352 g/mol. The van der Waals surface area contributed by atoms with E-state index in [1.54, 1.807) is 0 Å². The Balaban J connectivity index is 1.46. The van der Waals surface area contributed by atoms with Crippen molar-refractivity contribution < 1.29 is 14.3 Å². The van der Waals surface area contributed by atoms with Crippen molar-refractivity contribution in [2.24, 2.45) is 0 Å². The molecule has 0 radical (unpaired) electrons. The van der Waals surface area contributed by atoms with Crippen LogP contribution in [-0.2, 0) is 14.3 Å². The third-order valence-corrected chi connectivity index (χ3v) is 6.72. The van der Waals surface area contributed by atoms with Crippen LogP contribution in [0.15, 0.2) is 30.3 Å². The Hall–Kier alpha value is -1.43. The van der Waals surface area contributed by atoms with E-state index in [0.29, 0.717) is 18.6 Å². The summed E-state index contributed by atoms with van der Waals surface area (Å²) in [6, 6.07) is 11.4. The lowest BCUT2D eigenvalue weighted by Gasteiger charge is -2.37. The van der Waals surface area contributed by atoms with Crippen molar-refractivity contribution in [2.75, 3.05) is 40.0 Å². The molecule has 3 saturated heterocycles. The van der Waals surface area contributed by atoms with Gasteiger partial charge < -0.3 is 19.3 Å². The number of hydrogen-bond acceptors (Lipinski definition) is 4. The molecule has 5 heteroatoms. The molecule has 5 nitrogen and oxygen atoms in total. The fraction of sp³-hybridized carbons (Fsp3) is 0.696. The third kappa shape index (κ3) is 4.42. The lowest BCUT2D eigenvalue weighted by atomic mass is 9.87. The van der Waals surface area contributed by atoms with Crippen LogP contribution in [0, 0.1) is 0 Å². The second-order valence-electron chi connectivity index (χ2n) is 8.60. The van der Waals surface area contributed by atoms with Gasteiger partial charge in [0.2, 0.25) is 5.91 Å². The quantitative estimate of drug-likeness (QED) is 0.780. The molecule has 1 aromatic rings. The van der Waals surface area contributed by atoms with Crippen LogP contribution in [0.1, 0.15) is 50.0 Å². The molecule has 0 saturated carbocycles. The first kappa shape index (κ1) is 19.9. The minimum absolute atomic E-state index is 0.139. The predicted molar refractivity (Wildman–Crippen MR) is 109 cm³/mol. The molecule has 3 aliphatic heterocycles. The van der Waals surface area contributed by atoms with Gasteiger partial charge in [-0.3, -0.25) is 4.79 Å². The van der Waals surface area contributed by atoms with Crippen LogP contribution in [0.5, 0.6) is 0 Å². The normalized spacial score (nSPS) is 31.4. The lowest BCUT2D eigenvalue weighted by molar-refractivity contribution is -0.138.